The SMILES string of the molecule is CC1CN(C(=O)C2(C)CCCN2)CC2(CCNC2)O1. The summed E-state index contributed by atoms with van der Waals surface area (Å²) >= 11 is 0. The Morgan fingerprint density at radius 3 is 2.84 bits per heavy atom. The van der Waals surface area contributed by atoms with Gasteiger partial charge in [0.15, 0.2) is 0 Å². The number of ether oxygens (including phenoxy) is 1. The molecule has 3 saturated heterocycles. The molecule has 0 aromatic carbocycles. The highest BCUT2D eigenvalue weighted by Gasteiger charge is 2.47. The molecule has 3 heterocycles. The summed E-state index contributed by atoms with van der Waals surface area (Å²) in [4.78, 5) is 14.8. The summed E-state index contributed by atoms with van der Waals surface area (Å²) in [5.74, 6) is 0.256. The summed E-state index contributed by atoms with van der Waals surface area (Å²) in [5, 5.41) is 6.74. The van der Waals surface area contributed by atoms with Gasteiger partial charge in [-0.15, -0.1) is 0 Å². The minimum atomic E-state index is -0.357. The van der Waals surface area contributed by atoms with Gasteiger partial charge < -0.3 is 20.3 Å². The molecule has 3 unspecified atom stereocenters. The van der Waals surface area contributed by atoms with E-state index in [-0.39, 0.29) is 23.2 Å². The van der Waals surface area contributed by atoms with E-state index < -0.39 is 0 Å². The van der Waals surface area contributed by atoms with Crippen molar-refractivity contribution in [3.05, 3.63) is 0 Å². The summed E-state index contributed by atoms with van der Waals surface area (Å²) in [6, 6.07) is 0. The average molecular weight is 267 g/mol. The first-order chi connectivity index (χ1) is 9.03. The van der Waals surface area contributed by atoms with Crippen molar-refractivity contribution in [3.8, 4) is 0 Å². The number of amides is 1. The molecule has 3 fully saturated rings. The lowest BCUT2D eigenvalue weighted by atomic mass is 9.94. The third kappa shape index (κ3) is 2.39. The van der Waals surface area contributed by atoms with E-state index in [1.807, 2.05) is 11.8 Å². The predicted molar refractivity (Wildman–Crippen MR) is 73.0 cm³/mol. The molecular formula is C14H25N3O2. The first-order valence-corrected chi connectivity index (χ1v) is 7.46. The predicted octanol–water partition coefficient (Wildman–Crippen LogP) is 0.108. The molecule has 0 aromatic rings. The molecule has 5 heteroatoms. The molecule has 3 aliphatic heterocycles. The Morgan fingerprint density at radius 1 is 1.37 bits per heavy atom. The Hall–Kier alpha value is -0.650. The van der Waals surface area contributed by atoms with Crippen LogP contribution in [0.15, 0.2) is 0 Å². The highest BCUT2D eigenvalue weighted by atomic mass is 16.5. The second-order valence-electron chi connectivity index (χ2n) is 6.59. The van der Waals surface area contributed by atoms with E-state index >= 15 is 0 Å². The third-order valence-corrected chi connectivity index (χ3v) is 4.74. The van der Waals surface area contributed by atoms with Gasteiger partial charge in [-0.1, -0.05) is 0 Å². The van der Waals surface area contributed by atoms with Gasteiger partial charge in [-0.05, 0) is 46.2 Å². The Labute approximate surface area is 115 Å². The Morgan fingerprint density at radius 2 is 2.21 bits per heavy atom. The molecule has 5 nitrogen and oxygen atoms in total. The zero-order valence-corrected chi connectivity index (χ0v) is 12.0. The number of carbonyl (C=O) groups excluding carboxylic acids is 1. The minimum Gasteiger partial charge on any atom is -0.367 e. The topological polar surface area (TPSA) is 53.6 Å². The monoisotopic (exact) mass is 267 g/mol. The van der Waals surface area contributed by atoms with E-state index in [2.05, 4.69) is 17.6 Å². The molecule has 2 N–H and O–H groups in total. The van der Waals surface area contributed by atoms with Crippen LogP contribution in [0.3, 0.4) is 0 Å². The highest BCUT2D eigenvalue weighted by Crippen LogP contribution is 2.30. The number of carbonyl (C=O) groups is 1. The van der Waals surface area contributed by atoms with Crippen LogP contribution in [0.1, 0.15) is 33.1 Å². The zero-order chi connectivity index (χ0) is 13.5. The van der Waals surface area contributed by atoms with Crippen LogP contribution in [0.2, 0.25) is 0 Å². The highest BCUT2D eigenvalue weighted by molar-refractivity contribution is 5.86. The van der Waals surface area contributed by atoms with Crippen LogP contribution in [-0.4, -0.2) is 60.8 Å². The Balaban J connectivity index is 1.74. The van der Waals surface area contributed by atoms with E-state index in [4.69, 9.17) is 4.74 Å². The Bertz CT molecular complexity index is 360. The average Bonchev–Trinajstić information content (AvgIpc) is 2.98. The summed E-state index contributed by atoms with van der Waals surface area (Å²) in [6.45, 7) is 8.38. The number of nitrogens with zero attached hydrogens (tertiary/aromatic N) is 1. The summed E-state index contributed by atoms with van der Waals surface area (Å²) < 4.78 is 6.13. The molecule has 3 aliphatic rings. The maximum Gasteiger partial charge on any atom is 0.242 e. The fraction of sp³-hybridized carbons (Fsp3) is 0.929. The van der Waals surface area contributed by atoms with Crippen LogP contribution in [0, 0.1) is 0 Å². The van der Waals surface area contributed by atoms with Crippen molar-refractivity contribution in [2.24, 2.45) is 0 Å². The fourth-order valence-corrected chi connectivity index (χ4v) is 3.76. The standard InChI is InChI=1S/C14H25N3O2/c1-11-8-17(10-14(19-11)5-7-15-9-14)12(18)13(2)4-3-6-16-13/h11,15-16H,3-10H2,1-2H3. The number of hydrogen-bond acceptors (Lipinski definition) is 4. The second-order valence-corrected chi connectivity index (χ2v) is 6.59. The van der Waals surface area contributed by atoms with Crippen LogP contribution in [0.4, 0.5) is 0 Å². The van der Waals surface area contributed by atoms with E-state index in [9.17, 15) is 4.79 Å². The molecule has 0 aromatic heterocycles. The maximum atomic E-state index is 12.8. The molecule has 1 amide bonds. The first kappa shape index (κ1) is 13.3. The van der Waals surface area contributed by atoms with E-state index in [1.165, 1.54) is 0 Å². The molecule has 0 aliphatic carbocycles. The Kier molecular flexibility index (Phi) is 3.31. The van der Waals surface area contributed by atoms with Crippen LogP contribution >= 0.6 is 0 Å². The van der Waals surface area contributed by atoms with Gasteiger partial charge in [0.25, 0.3) is 0 Å². The van der Waals surface area contributed by atoms with Gasteiger partial charge in [0.2, 0.25) is 5.91 Å². The number of nitrogens with one attached hydrogen (secondary N) is 2. The molecule has 3 rings (SSSR count). The molecular weight excluding hydrogens is 242 g/mol. The van der Waals surface area contributed by atoms with Gasteiger partial charge in [0.1, 0.15) is 0 Å². The molecule has 0 saturated carbocycles. The van der Waals surface area contributed by atoms with Crippen LogP contribution < -0.4 is 10.6 Å². The zero-order valence-electron chi connectivity index (χ0n) is 12.0. The molecule has 0 bridgehead atoms. The van der Waals surface area contributed by atoms with Crippen molar-refractivity contribution in [3.63, 3.8) is 0 Å². The lowest BCUT2D eigenvalue weighted by Gasteiger charge is -2.45. The summed E-state index contributed by atoms with van der Waals surface area (Å²) in [5.41, 5.74) is -0.507. The van der Waals surface area contributed by atoms with Gasteiger partial charge in [-0.25, -0.2) is 0 Å². The van der Waals surface area contributed by atoms with Crippen molar-refractivity contribution in [1.82, 2.24) is 15.5 Å². The van der Waals surface area contributed by atoms with Crippen molar-refractivity contribution in [2.45, 2.75) is 50.4 Å². The number of hydrogen-bond donors (Lipinski definition) is 2. The second kappa shape index (κ2) is 4.72. The van der Waals surface area contributed by atoms with Crippen molar-refractivity contribution in [1.29, 1.82) is 0 Å². The summed E-state index contributed by atoms with van der Waals surface area (Å²) in [7, 11) is 0. The van der Waals surface area contributed by atoms with Crippen LogP contribution in [-0.2, 0) is 9.53 Å². The molecule has 0 radical (unpaired) electrons. The third-order valence-electron chi connectivity index (χ3n) is 4.74. The van der Waals surface area contributed by atoms with Crippen LogP contribution in [0.5, 0.6) is 0 Å². The van der Waals surface area contributed by atoms with E-state index in [0.29, 0.717) is 0 Å². The largest absolute Gasteiger partial charge is 0.367 e. The maximum absolute atomic E-state index is 12.8. The lowest BCUT2D eigenvalue weighted by Crippen LogP contribution is -2.62. The van der Waals surface area contributed by atoms with Crippen molar-refractivity contribution in [2.75, 3.05) is 32.7 Å². The van der Waals surface area contributed by atoms with E-state index in [1.54, 1.807) is 0 Å². The quantitative estimate of drug-likeness (QED) is 0.708. The molecule has 108 valence electrons. The normalized spacial score (nSPS) is 43.1. The van der Waals surface area contributed by atoms with Gasteiger partial charge in [-0.3, -0.25) is 4.79 Å². The van der Waals surface area contributed by atoms with Gasteiger partial charge in [0.05, 0.1) is 23.8 Å². The molecule has 3 atom stereocenters. The minimum absolute atomic E-state index is 0.127. The number of morpholine rings is 1. The number of rotatable bonds is 1. The lowest BCUT2D eigenvalue weighted by molar-refractivity contribution is -0.166. The fourth-order valence-electron chi connectivity index (χ4n) is 3.76. The first-order valence-electron chi connectivity index (χ1n) is 7.46. The molecule has 19 heavy (non-hydrogen) atoms. The summed E-state index contributed by atoms with van der Waals surface area (Å²) in [6.07, 6.45) is 3.17. The van der Waals surface area contributed by atoms with Crippen LogP contribution in [0.25, 0.3) is 0 Å². The van der Waals surface area contributed by atoms with Crippen molar-refractivity contribution < 1.29 is 9.53 Å². The van der Waals surface area contributed by atoms with E-state index in [0.717, 1.165) is 52.0 Å². The van der Waals surface area contributed by atoms with Gasteiger partial charge in [0, 0.05) is 13.1 Å². The van der Waals surface area contributed by atoms with Gasteiger partial charge >= 0.3 is 0 Å². The molecule has 1 spiro atoms. The van der Waals surface area contributed by atoms with Crippen molar-refractivity contribution >= 4 is 5.91 Å². The van der Waals surface area contributed by atoms with Gasteiger partial charge in [-0.2, -0.15) is 0 Å². The smallest absolute Gasteiger partial charge is 0.242 e.